The van der Waals surface area contributed by atoms with E-state index in [2.05, 4.69) is 0 Å². The smallest absolute Gasteiger partial charge is 0.243 e. The summed E-state index contributed by atoms with van der Waals surface area (Å²) < 4.78 is 40.0. The Kier molecular flexibility index (Phi) is 4.27. The number of nitrogen functional groups attached to an aromatic ring is 1. The Labute approximate surface area is 114 Å². The molecular formula is C13H21FN2O2S. The van der Waals surface area contributed by atoms with Gasteiger partial charge in [-0.3, -0.25) is 0 Å². The third-order valence-electron chi connectivity index (χ3n) is 3.68. The first-order valence-corrected chi connectivity index (χ1v) is 7.52. The van der Waals surface area contributed by atoms with E-state index in [0.717, 1.165) is 6.07 Å². The fourth-order valence-electron chi connectivity index (χ4n) is 1.64. The van der Waals surface area contributed by atoms with Crippen LogP contribution in [-0.4, -0.2) is 25.3 Å². The van der Waals surface area contributed by atoms with E-state index < -0.39 is 21.4 Å². The summed E-state index contributed by atoms with van der Waals surface area (Å²) in [5.74, 6) is -0.610. The Morgan fingerprint density at radius 2 is 1.89 bits per heavy atom. The summed E-state index contributed by atoms with van der Waals surface area (Å²) in [5.41, 5.74) is 5.19. The molecule has 19 heavy (non-hydrogen) atoms. The molecule has 0 heterocycles. The predicted octanol–water partition coefficient (Wildman–Crippen LogP) is 2.53. The largest absolute Gasteiger partial charge is 0.399 e. The van der Waals surface area contributed by atoms with E-state index in [1.54, 1.807) is 0 Å². The summed E-state index contributed by atoms with van der Waals surface area (Å²) in [7, 11) is -2.27. The van der Waals surface area contributed by atoms with Gasteiger partial charge in [-0.25, -0.2) is 12.8 Å². The quantitative estimate of drug-likeness (QED) is 0.866. The molecule has 6 heteroatoms. The van der Waals surface area contributed by atoms with Crippen LogP contribution < -0.4 is 5.73 Å². The Bertz CT molecular complexity index is 583. The Hall–Kier alpha value is -1.14. The number of anilines is 1. The van der Waals surface area contributed by atoms with Gasteiger partial charge in [-0.1, -0.05) is 6.92 Å². The highest BCUT2D eigenvalue weighted by molar-refractivity contribution is 7.89. The molecule has 0 saturated heterocycles. The van der Waals surface area contributed by atoms with Crippen molar-refractivity contribution in [1.82, 2.24) is 4.31 Å². The van der Waals surface area contributed by atoms with Crippen molar-refractivity contribution >= 4 is 15.7 Å². The van der Waals surface area contributed by atoms with Crippen molar-refractivity contribution in [3.63, 3.8) is 0 Å². The van der Waals surface area contributed by atoms with E-state index in [9.17, 15) is 12.8 Å². The number of hydrogen-bond donors (Lipinski definition) is 1. The lowest BCUT2D eigenvalue weighted by Crippen LogP contribution is -2.44. The maximum atomic E-state index is 13.6. The van der Waals surface area contributed by atoms with Gasteiger partial charge in [-0.05, 0) is 39.3 Å². The number of nitrogens with two attached hydrogens (primary N) is 1. The van der Waals surface area contributed by atoms with E-state index >= 15 is 0 Å². The predicted molar refractivity (Wildman–Crippen MR) is 74.9 cm³/mol. The fraction of sp³-hybridized carbons (Fsp3) is 0.538. The summed E-state index contributed by atoms with van der Waals surface area (Å²) in [6, 6.07) is 2.43. The molecule has 0 unspecified atom stereocenters. The molecule has 4 nitrogen and oxygen atoms in total. The molecule has 0 spiro atoms. The van der Waals surface area contributed by atoms with Crippen molar-refractivity contribution in [3.05, 3.63) is 23.5 Å². The van der Waals surface area contributed by atoms with Crippen molar-refractivity contribution in [2.24, 2.45) is 0 Å². The minimum Gasteiger partial charge on any atom is -0.399 e. The van der Waals surface area contributed by atoms with Gasteiger partial charge in [0.15, 0.2) is 0 Å². The maximum absolute atomic E-state index is 13.6. The number of hydrogen-bond acceptors (Lipinski definition) is 3. The molecule has 0 fully saturated rings. The molecule has 108 valence electrons. The molecule has 0 radical (unpaired) electrons. The van der Waals surface area contributed by atoms with Crippen molar-refractivity contribution in [1.29, 1.82) is 0 Å². The van der Waals surface area contributed by atoms with Gasteiger partial charge in [0.1, 0.15) is 5.82 Å². The minimum atomic E-state index is -3.77. The van der Waals surface area contributed by atoms with Crippen LogP contribution in [0.3, 0.4) is 0 Å². The van der Waals surface area contributed by atoms with Crippen LogP contribution in [0.15, 0.2) is 17.0 Å². The van der Waals surface area contributed by atoms with Gasteiger partial charge in [0, 0.05) is 23.8 Å². The average molecular weight is 288 g/mol. The van der Waals surface area contributed by atoms with Gasteiger partial charge < -0.3 is 5.73 Å². The first-order chi connectivity index (χ1) is 8.54. The molecular weight excluding hydrogens is 267 g/mol. The zero-order valence-corrected chi connectivity index (χ0v) is 12.8. The molecule has 1 aromatic carbocycles. The molecule has 0 aliphatic carbocycles. The van der Waals surface area contributed by atoms with Crippen LogP contribution in [0.1, 0.15) is 32.8 Å². The maximum Gasteiger partial charge on any atom is 0.243 e. The second kappa shape index (κ2) is 5.09. The molecule has 1 aromatic rings. The average Bonchev–Trinajstić information content (AvgIpc) is 2.32. The highest BCUT2D eigenvalue weighted by Gasteiger charge is 2.34. The lowest BCUT2D eigenvalue weighted by Gasteiger charge is -2.34. The van der Waals surface area contributed by atoms with Crippen LogP contribution in [0, 0.1) is 12.7 Å². The number of halogens is 1. The Balaban J connectivity index is 3.45. The fourth-order valence-corrected chi connectivity index (χ4v) is 3.48. The van der Waals surface area contributed by atoms with Gasteiger partial charge >= 0.3 is 0 Å². The molecule has 0 aromatic heterocycles. The zero-order valence-electron chi connectivity index (χ0n) is 12.0. The summed E-state index contributed by atoms with van der Waals surface area (Å²) in [4.78, 5) is -0.0750. The van der Waals surface area contributed by atoms with E-state index in [1.807, 2.05) is 20.8 Å². The van der Waals surface area contributed by atoms with Gasteiger partial charge in [0.25, 0.3) is 0 Å². The summed E-state index contributed by atoms with van der Waals surface area (Å²) >= 11 is 0. The highest BCUT2D eigenvalue weighted by atomic mass is 32.2. The normalized spacial score (nSPS) is 13.0. The number of rotatable bonds is 4. The van der Waals surface area contributed by atoms with Crippen molar-refractivity contribution in [3.8, 4) is 0 Å². The van der Waals surface area contributed by atoms with Gasteiger partial charge in [-0.2, -0.15) is 4.31 Å². The van der Waals surface area contributed by atoms with E-state index in [4.69, 9.17) is 5.73 Å². The SMILES string of the molecule is CCC(C)(C)N(C)S(=O)(=O)c1cc(N)cc(F)c1C. The van der Waals surface area contributed by atoms with Crippen LogP contribution >= 0.6 is 0 Å². The van der Waals surface area contributed by atoms with E-state index in [0.29, 0.717) is 6.42 Å². The van der Waals surface area contributed by atoms with Crippen molar-refractivity contribution < 1.29 is 12.8 Å². The number of sulfonamides is 1. The first-order valence-electron chi connectivity index (χ1n) is 6.08. The lowest BCUT2D eigenvalue weighted by atomic mass is 10.0. The third-order valence-corrected chi connectivity index (χ3v) is 5.87. The third kappa shape index (κ3) is 2.90. The Morgan fingerprint density at radius 3 is 2.37 bits per heavy atom. The first kappa shape index (κ1) is 15.9. The van der Waals surface area contributed by atoms with Crippen LogP contribution in [-0.2, 0) is 10.0 Å². The molecule has 0 saturated carbocycles. The van der Waals surface area contributed by atoms with Crippen molar-refractivity contribution in [2.75, 3.05) is 12.8 Å². The van der Waals surface area contributed by atoms with Gasteiger partial charge in [-0.15, -0.1) is 0 Å². The minimum absolute atomic E-state index is 0.0750. The monoisotopic (exact) mass is 288 g/mol. The second-order valence-electron chi connectivity index (χ2n) is 5.26. The standard InChI is InChI=1S/C13H21FN2O2S/c1-6-13(3,4)16(5)19(17,18)12-8-10(15)7-11(14)9(12)2/h7-8H,6,15H2,1-5H3. The van der Waals surface area contributed by atoms with Crippen LogP contribution in [0.4, 0.5) is 10.1 Å². The molecule has 2 N–H and O–H groups in total. The van der Waals surface area contributed by atoms with Crippen molar-refractivity contribution in [2.45, 2.75) is 44.6 Å². The van der Waals surface area contributed by atoms with Crippen LogP contribution in [0.2, 0.25) is 0 Å². The van der Waals surface area contributed by atoms with Gasteiger partial charge in [0.05, 0.1) is 4.90 Å². The van der Waals surface area contributed by atoms with E-state index in [-0.39, 0.29) is 16.1 Å². The molecule has 0 aliphatic heterocycles. The molecule has 0 aliphatic rings. The summed E-state index contributed by atoms with van der Waals surface area (Å²) in [6.45, 7) is 6.98. The topological polar surface area (TPSA) is 63.4 Å². The summed E-state index contributed by atoms with van der Waals surface area (Å²) in [5, 5.41) is 0. The number of benzene rings is 1. The zero-order chi connectivity index (χ0) is 15.0. The van der Waals surface area contributed by atoms with Gasteiger partial charge in [0.2, 0.25) is 10.0 Å². The molecule has 0 amide bonds. The van der Waals surface area contributed by atoms with Crippen LogP contribution in [0.5, 0.6) is 0 Å². The number of nitrogens with zero attached hydrogens (tertiary/aromatic N) is 1. The lowest BCUT2D eigenvalue weighted by molar-refractivity contribution is 0.257. The highest BCUT2D eigenvalue weighted by Crippen LogP contribution is 2.29. The molecule has 0 atom stereocenters. The molecule has 1 rings (SSSR count). The van der Waals surface area contributed by atoms with E-state index in [1.165, 1.54) is 24.3 Å². The second-order valence-corrected chi connectivity index (χ2v) is 7.20. The molecule has 0 bridgehead atoms. The Morgan fingerprint density at radius 1 is 1.37 bits per heavy atom. The summed E-state index contributed by atoms with van der Waals surface area (Å²) in [6.07, 6.45) is 0.645. The van der Waals surface area contributed by atoms with Crippen LogP contribution in [0.25, 0.3) is 0 Å².